The van der Waals surface area contributed by atoms with Gasteiger partial charge in [0.15, 0.2) is 0 Å². The van der Waals surface area contributed by atoms with E-state index in [1.807, 2.05) is 0 Å². The van der Waals surface area contributed by atoms with Crippen molar-refractivity contribution in [2.45, 2.75) is 11.0 Å². The normalized spacial score (nSPS) is 15.0. The van der Waals surface area contributed by atoms with Crippen LogP contribution >= 0.6 is 15.9 Å². The van der Waals surface area contributed by atoms with Gasteiger partial charge in [0.1, 0.15) is 4.83 Å². The van der Waals surface area contributed by atoms with Crippen molar-refractivity contribution in [2.75, 3.05) is 33.9 Å². The highest BCUT2D eigenvalue weighted by Crippen LogP contribution is 2.26. The van der Waals surface area contributed by atoms with Crippen molar-refractivity contribution in [1.82, 2.24) is 4.90 Å². The molecule has 0 saturated heterocycles. The number of hydrogen-bond acceptors (Lipinski definition) is 2. The third kappa shape index (κ3) is 6.29. The van der Waals surface area contributed by atoms with Gasteiger partial charge in [0.05, 0.1) is 6.61 Å². The molecule has 0 saturated carbocycles. The molecule has 0 heterocycles. The maximum Gasteiger partial charge on any atom is 0.402 e. The summed E-state index contributed by atoms with van der Waals surface area (Å²) in [6, 6.07) is 0. The Labute approximate surface area is 84.2 Å². The molecule has 2 nitrogen and oxygen atoms in total. The molecule has 0 aliphatic rings. The average molecular weight is 264 g/mol. The Morgan fingerprint density at radius 2 is 2.00 bits per heavy atom. The number of likely N-dealkylation sites (N-methyl/N-ethyl adjacent to an activating group) is 1. The van der Waals surface area contributed by atoms with Crippen molar-refractivity contribution in [3.8, 4) is 0 Å². The van der Waals surface area contributed by atoms with Crippen molar-refractivity contribution < 1.29 is 17.9 Å². The monoisotopic (exact) mass is 263 g/mol. The number of alkyl halides is 4. The van der Waals surface area contributed by atoms with Gasteiger partial charge >= 0.3 is 6.18 Å². The smallest absolute Gasteiger partial charge is 0.383 e. The molecule has 0 N–H and O–H groups in total. The molecule has 0 aromatic heterocycles. The fourth-order valence-corrected chi connectivity index (χ4v) is 1.21. The summed E-state index contributed by atoms with van der Waals surface area (Å²) in [6.07, 6.45) is -4.18. The lowest BCUT2D eigenvalue weighted by Crippen LogP contribution is -2.36. The van der Waals surface area contributed by atoms with E-state index in [1.165, 1.54) is 7.11 Å². The average Bonchev–Trinajstić information content (AvgIpc) is 1.99. The number of halogens is 4. The standard InChI is InChI=1S/C7H13BrF3NO/c1-12(3-4-13-2)5-6(8)7(9,10)11/h6H,3-5H2,1-2H3. The number of nitrogens with zero attached hydrogens (tertiary/aromatic N) is 1. The maximum atomic E-state index is 12.0. The van der Waals surface area contributed by atoms with Crippen molar-refractivity contribution >= 4 is 15.9 Å². The predicted molar refractivity (Wildman–Crippen MR) is 48.1 cm³/mol. The van der Waals surface area contributed by atoms with Crippen molar-refractivity contribution in [1.29, 1.82) is 0 Å². The molecule has 6 heteroatoms. The Morgan fingerprint density at radius 3 is 2.38 bits per heavy atom. The zero-order valence-corrected chi connectivity index (χ0v) is 9.15. The first-order valence-electron chi connectivity index (χ1n) is 3.76. The van der Waals surface area contributed by atoms with Crippen LogP contribution in [0.5, 0.6) is 0 Å². The Morgan fingerprint density at radius 1 is 1.46 bits per heavy atom. The molecule has 0 spiro atoms. The van der Waals surface area contributed by atoms with Crippen LogP contribution in [0.4, 0.5) is 13.2 Å². The quantitative estimate of drug-likeness (QED) is 0.703. The first-order chi connectivity index (χ1) is 5.88. The van der Waals surface area contributed by atoms with Crippen LogP contribution < -0.4 is 0 Å². The van der Waals surface area contributed by atoms with Gasteiger partial charge in [-0.1, -0.05) is 15.9 Å². The molecule has 0 fully saturated rings. The van der Waals surface area contributed by atoms with Gasteiger partial charge < -0.3 is 9.64 Å². The van der Waals surface area contributed by atoms with E-state index < -0.39 is 11.0 Å². The van der Waals surface area contributed by atoms with Gasteiger partial charge in [-0.2, -0.15) is 13.2 Å². The van der Waals surface area contributed by atoms with Gasteiger partial charge in [-0.25, -0.2) is 0 Å². The fraction of sp³-hybridized carbons (Fsp3) is 1.00. The summed E-state index contributed by atoms with van der Waals surface area (Å²) in [5.41, 5.74) is 0. The Hall–Kier alpha value is 0.190. The van der Waals surface area contributed by atoms with E-state index >= 15 is 0 Å². The SMILES string of the molecule is COCCN(C)CC(Br)C(F)(F)F. The van der Waals surface area contributed by atoms with E-state index in [-0.39, 0.29) is 6.54 Å². The largest absolute Gasteiger partial charge is 0.402 e. The number of rotatable bonds is 5. The molecular weight excluding hydrogens is 251 g/mol. The summed E-state index contributed by atoms with van der Waals surface area (Å²) in [5.74, 6) is 0. The van der Waals surface area contributed by atoms with Gasteiger partial charge in [0, 0.05) is 20.2 Å². The molecule has 0 amide bonds. The third-order valence-electron chi connectivity index (χ3n) is 1.50. The van der Waals surface area contributed by atoms with E-state index in [1.54, 1.807) is 11.9 Å². The predicted octanol–water partition coefficient (Wildman–Crippen LogP) is 1.89. The summed E-state index contributed by atoms with van der Waals surface area (Å²) in [7, 11) is 3.14. The molecular formula is C7H13BrF3NO. The molecule has 0 radical (unpaired) electrons. The molecule has 0 aromatic carbocycles. The highest BCUT2D eigenvalue weighted by molar-refractivity contribution is 9.09. The van der Waals surface area contributed by atoms with Crippen LogP contribution in [-0.2, 0) is 4.74 Å². The minimum atomic E-state index is -4.18. The molecule has 0 bridgehead atoms. The molecule has 0 rings (SSSR count). The third-order valence-corrected chi connectivity index (χ3v) is 2.31. The number of ether oxygens (including phenoxy) is 1. The second-order valence-corrected chi connectivity index (χ2v) is 3.87. The summed E-state index contributed by atoms with van der Waals surface area (Å²) in [6.45, 7) is 0.871. The van der Waals surface area contributed by atoms with Crippen LogP contribution in [0.1, 0.15) is 0 Å². The lowest BCUT2D eigenvalue weighted by atomic mass is 10.4. The summed E-state index contributed by atoms with van der Waals surface area (Å²) < 4.78 is 40.8. The molecule has 1 unspecified atom stereocenters. The van der Waals surface area contributed by atoms with Crippen LogP contribution in [0, 0.1) is 0 Å². The van der Waals surface area contributed by atoms with E-state index in [2.05, 4.69) is 15.9 Å². The first-order valence-corrected chi connectivity index (χ1v) is 4.67. The summed E-state index contributed by atoms with van der Waals surface area (Å²) >= 11 is 2.58. The van der Waals surface area contributed by atoms with Crippen LogP contribution in [0.25, 0.3) is 0 Å². The Balaban J connectivity index is 3.71. The molecule has 0 aliphatic carbocycles. The lowest BCUT2D eigenvalue weighted by Gasteiger charge is -2.21. The molecule has 0 aliphatic heterocycles. The zero-order chi connectivity index (χ0) is 10.5. The van der Waals surface area contributed by atoms with Crippen LogP contribution in [0.2, 0.25) is 0 Å². The van der Waals surface area contributed by atoms with Crippen LogP contribution in [0.3, 0.4) is 0 Å². The summed E-state index contributed by atoms with van der Waals surface area (Å²) in [5, 5.41) is 0. The van der Waals surface area contributed by atoms with Gasteiger partial charge in [-0.15, -0.1) is 0 Å². The highest BCUT2D eigenvalue weighted by atomic mass is 79.9. The van der Waals surface area contributed by atoms with Crippen molar-refractivity contribution in [2.24, 2.45) is 0 Å². The minimum Gasteiger partial charge on any atom is -0.383 e. The van der Waals surface area contributed by atoms with Gasteiger partial charge in [-0.3, -0.25) is 0 Å². The van der Waals surface area contributed by atoms with E-state index in [9.17, 15) is 13.2 Å². The fourth-order valence-electron chi connectivity index (χ4n) is 0.716. The molecule has 1 atom stereocenters. The molecule has 0 aromatic rings. The first kappa shape index (κ1) is 13.2. The van der Waals surface area contributed by atoms with Crippen LogP contribution in [-0.4, -0.2) is 49.8 Å². The number of methoxy groups -OCH3 is 1. The second kappa shape index (κ2) is 5.82. The zero-order valence-electron chi connectivity index (χ0n) is 7.57. The van der Waals surface area contributed by atoms with Crippen molar-refractivity contribution in [3.63, 3.8) is 0 Å². The van der Waals surface area contributed by atoms with E-state index in [0.29, 0.717) is 13.2 Å². The molecule has 13 heavy (non-hydrogen) atoms. The lowest BCUT2D eigenvalue weighted by molar-refractivity contribution is -0.130. The number of hydrogen-bond donors (Lipinski definition) is 0. The van der Waals surface area contributed by atoms with Gasteiger partial charge in [0.2, 0.25) is 0 Å². The molecule has 80 valence electrons. The summed E-state index contributed by atoms with van der Waals surface area (Å²) in [4.78, 5) is 0.0954. The van der Waals surface area contributed by atoms with E-state index in [4.69, 9.17) is 4.74 Å². The second-order valence-electron chi connectivity index (χ2n) is 2.76. The van der Waals surface area contributed by atoms with Gasteiger partial charge in [-0.05, 0) is 7.05 Å². The van der Waals surface area contributed by atoms with Crippen LogP contribution in [0.15, 0.2) is 0 Å². The Kier molecular flexibility index (Phi) is 5.91. The van der Waals surface area contributed by atoms with E-state index in [0.717, 1.165) is 0 Å². The van der Waals surface area contributed by atoms with Gasteiger partial charge in [0.25, 0.3) is 0 Å². The topological polar surface area (TPSA) is 12.5 Å². The highest BCUT2D eigenvalue weighted by Gasteiger charge is 2.37. The maximum absolute atomic E-state index is 12.0. The minimum absolute atomic E-state index is 0.0626. The Bertz CT molecular complexity index is 142. The van der Waals surface area contributed by atoms with Crippen molar-refractivity contribution in [3.05, 3.63) is 0 Å².